The number of hydrogen-bond acceptors (Lipinski definition) is 4. The maximum absolute atomic E-state index is 12.8. The summed E-state index contributed by atoms with van der Waals surface area (Å²) in [5, 5.41) is 2.54. The number of hydrogen-bond donors (Lipinski definition) is 2. The summed E-state index contributed by atoms with van der Waals surface area (Å²) in [7, 11) is 0. The molecule has 1 aliphatic rings. The Morgan fingerprint density at radius 2 is 2.00 bits per heavy atom. The lowest BCUT2D eigenvalue weighted by Gasteiger charge is -2.17. The lowest BCUT2D eigenvalue weighted by molar-refractivity contribution is -0.148. The largest absolute Gasteiger partial charge is 0.464 e. The average molecular weight is 330 g/mol. The fourth-order valence-electron chi connectivity index (χ4n) is 2.27. The van der Waals surface area contributed by atoms with Gasteiger partial charge in [-0.3, -0.25) is 4.79 Å². The molecule has 1 aromatic rings. The standard InChI is InChI=1S/C15H17F3N2O3/c1-2-23-13(22)14(6-7-14)20-11(21)8-9-4-3-5-10(12(9)19)15(16,17)18/h3-5H,2,6-8,19H2,1H3,(H,20,21). The number of para-hydroxylation sites is 1. The van der Waals surface area contributed by atoms with Crippen molar-refractivity contribution < 1.29 is 27.5 Å². The number of nitrogens with one attached hydrogen (secondary N) is 1. The van der Waals surface area contributed by atoms with Crippen molar-refractivity contribution in [1.82, 2.24) is 5.32 Å². The molecule has 1 amide bonds. The molecule has 1 saturated carbocycles. The fourth-order valence-corrected chi connectivity index (χ4v) is 2.27. The second kappa shape index (κ2) is 6.10. The third-order valence-electron chi connectivity index (χ3n) is 3.65. The summed E-state index contributed by atoms with van der Waals surface area (Å²) in [5.74, 6) is -1.09. The van der Waals surface area contributed by atoms with Gasteiger partial charge < -0.3 is 15.8 Å². The van der Waals surface area contributed by atoms with Crippen LogP contribution in [0.3, 0.4) is 0 Å². The van der Waals surface area contributed by atoms with E-state index >= 15 is 0 Å². The van der Waals surface area contributed by atoms with Gasteiger partial charge in [-0.1, -0.05) is 12.1 Å². The number of benzene rings is 1. The van der Waals surface area contributed by atoms with Gasteiger partial charge in [-0.25, -0.2) is 4.79 Å². The van der Waals surface area contributed by atoms with E-state index in [1.165, 1.54) is 12.1 Å². The van der Waals surface area contributed by atoms with Gasteiger partial charge in [0.05, 0.1) is 18.6 Å². The van der Waals surface area contributed by atoms with Crippen LogP contribution >= 0.6 is 0 Å². The predicted octanol–water partition coefficient (Wildman–Crippen LogP) is 2.04. The van der Waals surface area contributed by atoms with E-state index in [-0.39, 0.29) is 18.6 Å². The van der Waals surface area contributed by atoms with Gasteiger partial charge in [0.25, 0.3) is 0 Å². The Kier molecular flexibility index (Phi) is 4.53. The summed E-state index contributed by atoms with van der Waals surface area (Å²) in [6, 6.07) is 3.41. The third kappa shape index (κ3) is 3.75. The molecule has 1 fully saturated rings. The van der Waals surface area contributed by atoms with E-state index in [4.69, 9.17) is 10.5 Å². The van der Waals surface area contributed by atoms with Crippen molar-refractivity contribution in [2.45, 2.75) is 37.9 Å². The highest BCUT2D eigenvalue weighted by atomic mass is 19.4. The zero-order chi connectivity index (χ0) is 17.3. The quantitative estimate of drug-likeness (QED) is 0.639. The van der Waals surface area contributed by atoms with Crippen LogP contribution in [-0.4, -0.2) is 24.0 Å². The molecule has 23 heavy (non-hydrogen) atoms. The fraction of sp³-hybridized carbons (Fsp3) is 0.467. The molecule has 1 aromatic carbocycles. The van der Waals surface area contributed by atoms with Gasteiger partial charge in [-0.2, -0.15) is 13.2 Å². The number of nitrogen functional groups attached to an aromatic ring is 1. The first kappa shape index (κ1) is 17.1. The maximum Gasteiger partial charge on any atom is 0.418 e. The van der Waals surface area contributed by atoms with Crippen molar-refractivity contribution in [1.29, 1.82) is 0 Å². The van der Waals surface area contributed by atoms with Crippen molar-refractivity contribution in [3.63, 3.8) is 0 Å². The van der Waals surface area contributed by atoms with Crippen LogP contribution in [0, 0.1) is 0 Å². The van der Waals surface area contributed by atoms with Crippen molar-refractivity contribution in [3.8, 4) is 0 Å². The highest BCUT2D eigenvalue weighted by Gasteiger charge is 2.52. The lowest BCUT2D eigenvalue weighted by atomic mass is 10.0. The van der Waals surface area contributed by atoms with E-state index in [9.17, 15) is 22.8 Å². The van der Waals surface area contributed by atoms with Crippen LogP contribution in [-0.2, 0) is 26.9 Å². The van der Waals surface area contributed by atoms with E-state index in [0.717, 1.165) is 6.07 Å². The summed E-state index contributed by atoms with van der Waals surface area (Å²) in [6.45, 7) is 1.84. The number of ether oxygens (including phenoxy) is 1. The summed E-state index contributed by atoms with van der Waals surface area (Å²) >= 11 is 0. The zero-order valence-corrected chi connectivity index (χ0v) is 12.5. The number of amides is 1. The molecule has 0 bridgehead atoms. The highest BCUT2D eigenvalue weighted by molar-refractivity contribution is 5.91. The molecule has 0 atom stereocenters. The van der Waals surface area contributed by atoms with Crippen LogP contribution in [0.1, 0.15) is 30.9 Å². The Balaban J connectivity index is 2.09. The SMILES string of the molecule is CCOC(=O)C1(NC(=O)Cc2cccc(C(F)(F)F)c2N)CC1. The first-order valence-electron chi connectivity index (χ1n) is 7.12. The number of esters is 1. The van der Waals surface area contributed by atoms with E-state index in [1.54, 1.807) is 6.92 Å². The third-order valence-corrected chi connectivity index (χ3v) is 3.65. The highest BCUT2D eigenvalue weighted by Crippen LogP contribution is 2.37. The number of halogens is 3. The number of carbonyl (C=O) groups is 2. The van der Waals surface area contributed by atoms with Gasteiger partial charge in [0.2, 0.25) is 5.91 Å². The van der Waals surface area contributed by atoms with E-state index in [2.05, 4.69) is 5.32 Å². The minimum atomic E-state index is -4.58. The molecular weight excluding hydrogens is 313 g/mol. The predicted molar refractivity (Wildman–Crippen MR) is 76.3 cm³/mol. The summed E-state index contributed by atoms with van der Waals surface area (Å²) in [5.41, 5.74) is 3.09. The molecule has 0 heterocycles. The van der Waals surface area contributed by atoms with Crippen LogP contribution < -0.4 is 11.1 Å². The van der Waals surface area contributed by atoms with Gasteiger partial charge in [-0.15, -0.1) is 0 Å². The van der Waals surface area contributed by atoms with Gasteiger partial charge in [0.1, 0.15) is 5.54 Å². The normalized spacial score (nSPS) is 15.8. The number of carbonyl (C=O) groups excluding carboxylic acids is 2. The Labute approximate surface area is 131 Å². The summed E-state index contributed by atoms with van der Waals surface area (Å²) < 4.78 is 43.3. The Morgan fingerprint density at radius 1 is 1.35 bits per heavy atom. The molecule has 8 heteroatoms. The second-order valence-electron chi connectivity index (χ2n) is 5.40. The Bertz CT molecular complexity index is 625. The monoisotopic (exact) mass is 330 g/mol. The van der Waals surface area contributed by atoms with Gasteiger partial charge in [0.15, 0.2) is 0 Å². The minimum absolute atomic E-state index is 0.0667. The van der Waals surface area contributed by atoms with Crippen LogP contribution in [0.2, 0.25) is 0 Å². The number of rotatable bonds is 5. The number of nitrogens with two attached hydrogens (primary N) is 1. The molecular formula is C15H17F3N2O3. The lowest BCUT2D eigenvalue weighted by Crippen LogP contribution is -2.44. The van der Waals surface area contributed by atoms with Crippen molar-refractivity contribution in [2.24, 2.45) is 0 Å². The molecule has 0 aliphatic heterocycles. The van der Waals surface area contributed by atoms with Crippen LogP contribution in [0.25, 0.3) is 0 Å². The first-order valence-corrected chi connectivity index (χ1v) is 7.12. The Hall–Kier alpha value is -2.25. The molecule has 5 nitrogen and oxygen atoms in total. The van der Waals surface area contributed by atoms with Crippen LogP contribution in [0.15, 0.2) is 18.2 Å². The van der Waals surface area contributed by atoms with Crippen LogP contribution in [0.4, 0.5) is 18.9 Å². The van der Waals surface area contributed by atoms with Gasteiger partial charge in [0, 0.05) is 5.69 Å². The molecule has 0 saturated heterocycles. The van der Waals surface area contributed by atoms with Gasteiger partial charge in [-0.05, 0) is 31.4 Å². The molecule has 126 valence electrons. The summed E-state index contributed by atoms with van der Waals surface area (Å²) in [4.78, 5) is 23.8. The summed E-state index contributed by atoms with van der Waals surface area (Å²) in [6.07, 6.45) is -4.01. The topological polar surface area (TPSA) is 81.4 Å². The smallest absolute Gasteiger partial charge is 0.418 e. The first-order chi connectivity index (χ1) is 10.7. The molecule has 0 spiro atoms. The van der Waals surface area contributed by atoms with E-state index in [1.807, 2.05) is 0 Å². The Morgan fingerprint density at radius 3 is 2.52 bits per heavy atom. The molecule has 0 radical (unpaired) electrons. The van der Waals surface area contributed by atoms with Crippen LogP contribution in [0.5, 0.6) is 0 Å². The maximum atomic E-state index is 12.8. The molecule has 0 aromatic heterocycles. The average Bonchev–Trinajstić information content (AvgIpc) is 3.21. The molecule has 3 N–H and O–H groups in total. The zero-order valence-electron chi connectivity index (χ0n) is 12.5. The molecule has 0 unspecified atom stereocenters. The number of alkyl halides is 3. The minimum Gasteiger partial charge on any atom is -0.464 e. The van der Waals surface area contributed by atoms with E-state index in [0.29, 0.717) is 12.8 Å². The van der Waals surface area contributed by atoms with Gasteiger partial charge >= 0.3 is 12.1 Å². The second-order valence-corrected chi connectivity index (χ2v) is 5.40. The van der Waals surface area contributed by atoms with Crippen molar-refractivity contribution in [2.75, 3.05) is 12.3 Å². The molecule has 2 rings (SSSR count). The van der Waals surface area contributed by atoms with E-state index < -0.39 is 34.8 Å². The molecule has 1 aliphatic carbocycles. The van der Waals surface area contributed by atoms with Crippen molar-refractivity contribution >= 4 is 17.6 Å². The van der Waals surface area contributed by atoms with Crippen molar-refractivity contribution in [3.05, 3.63) is 29.3 Å². The number of anilines is 1.